The molecule has 3 N–H and O–H groups in total. The summed E-state index contributed by atoms with van der Waals surface area (Å²) in [5.74, 6) is -0.0448. The summed E-state index contributed by atoms with van der Waals surface area (Å²) in [5, 5.41) is 21.3. The number of nitrogens with zero attached hydrogens (tertiary/aromatic N) is 1. The van der Waals surface area contributed by atoms with Gasteiger partial charge in [-0.3, -0.25) is 4.31 Å². The van der Waals surface area contributed by atoms with Crippen LogP contribution in [-0.2, 0) is 16.6 Å². The van der Waals surface area contributed by atoms with Crippen molar-refractivity contribution in [2.75, 3.05) is 17.4 Å². The number of fused-ring (bicyclic) bond motifs is 1. The van der Waals surface area contributed by atoms with Gasteiger partial charge >= 0.3 is 10.2 Å². The number of aryl methyl sites for hydroxylation is 1. The molecule has 0 spiro atoms. The first-order chi connectivity index (χ1) is 11.4. The van der Waals surface area contributed by atoms with E-state index >= 15 is 0 Å². The van der Waals surface area contributed by atoms with E-state index in [4.69, 9.17) is 0 Å². The number of hydrogen-bond donors (Lipinski definition) is 3. The van der Waals surface area contributed by atoms with Gasteiger partial charge in [0.15, 0.2) is 0 Å². The minimum atomic E-state index is -3.57. The Morgan fingerprint density at radius 3 is 2.71 bits per heavy atom. The molecular formula is C17H22N2O4S. The second-order valence-electron chi connectivity index (χ2n) is 6.24. The smallest absolute Gasteiger partial charge is 0.301 e. The highest BCUT2D eigenvalue weighted by Gasteiger charge is 2.30. The van der Waals surface area contributed by atoms with Crippen molar-refractivity contribution in [1.82, 2.24) is 4.72 Å². The number of phenolic OH excluding ortho intramolecular Hbond substituents is 1. The molecule has 0 radical (unpaired) electrons. The lowest BCUT2D eigenvalue weighted by molar-refractivity contribution is 0.182. The molecule has 1 saturated heterocycles. The summed E-state index contributed by atoms with van der Waals surface area (Å²) in [7, 11) is -3.57. The molecule has 24 heavy (non-hydrogen) atoms. The Labute approximate surface area is 141 Å². The minimum absolute atomic E-state index is 0.0448. The Morgan fingerprint density at radius 1 is 1.25 bits per heavy atom. The zero-order valence-electron chi connectivity index (χ0n) is 13.6. The van der Waals surface area contributed by atoms with Gasteiger partial charge in [-0.2, -0.15) is 13.1 Å². The van der Waals surface area contributed by atoms with Crippen molar-refractivity contribution in [2.24, 2.45) is 0 Å². The van der Waals surface area contributed by atoms with Gasteiger partial charge in [-0.25, -0.2) is 0 Å². The highest BCUT2D eigenvalue weighted by atomic mass is 32.2. The first-order valence-corrected chi connectivity index (χ1v) is 9.52. The van der Waals surface area contributed by atoms with Crippen molar-refractivity contribution >= 4 is 26.7 Å². The molecule has 0 unspecified atom stereocenters. The molecule has 7 heteroatoms. The lowest BCUT2D eigenvalue weighted by Gasteiger charge is -2.18. The first-order valence-electron chi connectivity index (χ1n) is 8.08. The zero-order valence-corrected chi connectivity index (χ0v) is 14.4. The Bertz CT molecular complexity index is 849. The maximum atomic E-state index is 12.0. The van der Waals surface area contributed by atoms with E-state index in [1.807, 2.05) is 18.2 Å². The van der Waals surface area contributed by atoms with Gasteiger partial charge in [0.05, 0.1) is 11.8 Å². The summed E-state index contributed by atoms with van der Waals surface area (Å²) in [4.78, 5) is 0. The largest absolute Gasteiger partial charge is 0.506 e. The predicted molar refractivity (Wildman–Crippen MR) is 94.5 cm³/mol. The van der Waals surface area contributed by atoms with E-state index < -0.39 is 10.2 Å². The van der Waals surface area contributed by atoms with Gasteiger partial charge in [0.2, 0.25) is 0 Å². The van der Waals surface area contributed by atoms with Crippen LogP contribution in [0.2, 0.25) is 0 Å². The van der Waals surface area contributed by atoms with Crippen LogP contribution in [0.15, 0.2) is 30.3 Å². The average Bonchev–Trinajstić information content (AvgIpc) is 2.85. The fourth-order valence-corrected chi connectivity index (χ4v) is 4.25. The molecule has 3 rings (SSSR count). The standard InChI is InChI=1S/C17H22N2O4S/c1-12(20)3-2-4-13-5-6-14-11-17(21)16(10-15(14)9-13)19-8-7-18-24(19,22)23/h5-6,9-12,18,20-21H,2-4,7-8H2,1H3/t12-/m1/s1. The van der Waals surface area contributed by atoms with Gasteiger partial charge in [-0.1, -0.05) is 18.2 Å². The second kappa shape index (κ2) is 6.58. The molecule has 2 aromatic carbocycles. The second-order valence-corrected chi connectivity index (χ2v) is 7.91. The summed E-state index contributed by atoms with van der Waals surface area (Å²) in [6.07, 6.45) is 2.18. The van der Waals surface area contributed by atoms with Gasteiger partial charge in [-0.05, 0) is 54.7 Å². The maximum Gasteiger partial charge on any atom is 0.301 e. The molecule has 0 aromatic heterocycles. The molecule has 0 amide bonds. The minimum Gasteiger partial charge on any atom is -0.506 e. The third-order valence-electron chi connectivity index (χ3n) is 4.24. The lowest BCUT2D eigenvalue weighted by Crippen LogP contribution is -2.29. The molecule has 2 aromatic rings. The highest BCUT2D eigenvalue weighted by molar-refractivity contribution is 7.91. The monoisotopic (exact) mass is 350 g/mol. The third kappa shape index (κ3) is 3.48. The van der Waals surface area contributed by atoms with Crippen molar-refractivity contribution in [3.63, 3.8) is 0 Å². The van der Waals surface area contributed by atoms with E-state index in [1.54, 1.807) is 19.1 Å². The summed E-state index contributed by atoms with van der Waals surface area (Å²) < 4.78 is 27.6. The van der Waals surface area contributed by atoms with Crippen LogP contribution in [0.5, 0.6) is 5.75 Å². The molecule has 1 fully saturated rings. The molecule has 1 heterocycles. The van der Waals surface area contributed by atoms with Gasteiger partial charge < -0.3 is 10.2 Å². The Balaban J connectivity index is 1.93. The first kappa shape index (κ1) is 17.0. The van der Waals surface area contributed by atoms with E-state index in [1.165, 1.54) is 4.31 Å². The molecule has 6 nitrogen and oxygen atoms in total. The van der Waals surface area contributed by atoms with E-state index in [0.29, 0.717) is 18.8 Å². The average molecular weight is 350 g/mol. The number of aromatic hydroxyl groups is 1. The number of anilines is 1. The molecule has 0 bridgehead atoms. The predicted octanol–water partition coefficient (Wildman–Crippen LogP) is 1.90. The number of aliphatic hydroxyl groups is 1. The zero-order chi connectivity index (χ0) is 17.3. The summed E-state index contributed by atoms with van der Waals surface area (Å²) in [5.41, 5.74) is 1.43. The van der Waals surface area contributed by atoms with Gasteiger partial charge in [-0.15, -0.1) is 0 Å². The molecule has 1 aliphatic heterocycles. The Kier molecular flexibility index (Phi) is 4.67. The Morgan fingerprint density at radius 2 is 2.04 bits per heavy atom. The number of benzene rings is 2. The number of rotatable bonds is 5. The van der Waals surface area contributed by atoms with Crippen LogP contribution in [0.25, 0.3) is 10.8 Å². The summed E-state index contributed by atoms with van der Waals surface area (Å²) in [6.45, 7) is 2.41. The van der Waals surface area contributed by atoms with Crippen LogP contribution in [-0.4, -0.2) is 37.8 Å². The third-order valence-corrected chi connectivity index (χ3v) is 5.77. The van der Waals surface area contributed by atoms with Crippen LogP contribution in [0.4, 0.5) is 5.69 Å². The number of phenols is 1. The summed E-state index contributed by atoms with van der Waals surface area (Å²) >= 11 is 0. The van der Waals surface area contributed by atoms with Crippen LogP contribution in [0.3, 0.4) is 0 Å². The highest BCUT2D eigenvalue weighted by Crippen LogP contribution is 2.35. The van der Waals surface area contributed by atoms with Gasteiger partial charge in [0.1, 0.15) is 5.75 Å². The topological polar surface area (TPSA) is 89.9 Å². The van der Waals surface area contributed by atoms with E-state index in [-0.39, 0.29) is 11.9 Å². The number of hydrogen-bond acceptors (Lipinski definition) is 4. The van der Waals surface area contributed by atoms with Crippen molar-refractivity contribution in [2.45, 2.75) is 32.3 Å². The normalized spacial score (nSPS) is 18.2. The lowest BCUT2D eigenvalue weighted by atomic mass is 10.0. The van der Waals surface area contributed by atoms with E-state index in [9.17, 15) is 18.6 Å². The van der Waals surface area contributed by atoms with Crippen molar-refractivity contribution < 1.29 is 18.6 Å². The molecule has 0 aliphatic carbocycles. The Hall–Kier alpha value is -1.83. The van der Waals surface area contributed by atoms with Crippen LogP contribution < -0.4 is 9.03 Å². The van der Waals surface area contributed by atoms with Crippen LogP contribution in [0, 0.1) is 0 Å². The molecule has 1 atom stereocenters. The SMILES string of the molecule is C[C@@H](O)CCCc1ccc2cc(O)c(N3CCNS3(=O)=O)cc2c1. The number of nitrogens with one attached hydrogen (secondary N) is 1. The van der Waals surface area contributed by atoms with Crippen LogP contribution in [0.1, 0.15) is 25.3 Å². The van der Waals surface area contributed by atoms with Crippen LogP contribution >= 0.6 is 0 Å². The van der Waals surface area contributed by atoms with Gasteiger partial charge in [0, 0.05) is 13.1 Å². The van der Waals surface area contributed by atoms with E-state index in [0.717, 1.165) is 35.6 Å². The van der Waals surface area contributed by atoms with E-state index in [2.05, 4.69) is 4.72 Å². The quantitative estimate of drug-likeness (QED) is 0.768. The maximum absolute atomic E-state index is 12.0. The molecule has 130 valence electrons. The fraction of sp³-hybridized carbons (Fsp3) is 0.412. The van der Waals surface area contributed by atoms with Crippen molar-refractivity contribution in [3.05, 3.63) is 35.9 Å². The molecule has 0 saturated carbocycles. The summed E-state index contributed by atoms with van der Waals surface area (Å²) in [6, 6.07) is 9.24. The van der Waals surface area contributed by atoms with Crippen molar-refractivity contribution in [3.8, 4) is 5.75 Å². The molecule has 1 aliphatic rings. The molecular weight excluding hydrogens is 328 g/mol. The van der Waals surface area contributed by atoms with Gasteiger partial charge in [0.25, 0.3) is 0 Å². The number of aliphatic hydroxyl groups excluding tert-OH is 1. The fourth-order valence-electron chi connectivity index (χ4n) is 3.00. The van der Waals surface area contributed by atoms with Crippen molar-refractivity contribution in [1.29, 1.82) is 0 Å².